The van der Waals surface area contributed by atoms with Crippen LogP contribution in [0.1, 0.15) is 28.6 Å². The van der Waals surface area contributed by atoms with Crippen molar-refractivity contribution in [3.8, 4) is 22.9 Å². The lowest BCUT2D eigenvalue weighted by atomic mass is 10.1. The van der Waals surface area contributed by atoms with Crippen LogP contribution in [-0.2, 0) is 14.6 Å². The minimum atomic E-state index is -3.17. The van der Waals surface area contributed by atoms with Gasteiger partial charge in [-0.25, -0.2) is 22.9 Å². The maximum Gasteiger partial charge on any atom is 0.338 e. The molecule has 4 aromatic heterocycles. The average Bonchev–Trinajstić information content (AvgIpc) is 3.52. The molecular formula is C21H19N3O6S. The third-order valence-corrected chi connectivity index (χ3v) is 7.12. The molecule has 10 heteroatoms. The van der Waals surface area contributed by atoms with Crippen LogP contribution in [0.15, 0.2) is 45.4 Å². The SMILES string of the molecule is COC(=O)c1cc(-c2ccc(C)o2)nc2c1c(-c1ccco1)nn2C1CCS(=O)(=O)C1. The molecule has 0 spiro atoms. The standard InChI is InChI=1S/C21H19N3O6S/c1-12-5-6-16(30-12)15-10-14(21(25)28-2)18-19(17-4-3-8-29-17)23-24(20(18)22-15)13-7-9-31(26,27)11-13/h3-6,8,10,13H,7,9,11H2,1-2H3. The van der Waals surface area contributed by atoms with Crippen molar-refractivity contribution in [2.75, 3.05) is 18.6 Å². The van der Waals surface area contributed by atoms with Crippen LogP contribution in [0.3, 0.4) is 0 Å². The lowest BCUT2D eigenvalue weighted by molar-refractivity contribution is 0.0603. The van der Waals surface area contributed by atoms with Gasteiger partial charge >= 0.3 is 5.97 Å². The van der Waals surface area contributed by atoms with Crippen molar-refractivity contribution >= 4 is 26.8 Å². The molecule has 1 fully saturated rings. The topological polar surface area (TPSA) is 117 Å². The van der Waals surface area contributed by atoms with Gasteiger partial charge in [-0.1, -0.05) is 0 Å². The number of hydrogen-bond donors (Lipinski definition) is 0. The van der Waals surface area contributed by atoms with Crippen molar-refractivity contribution in [2.45, 2.75) is 19.4 Å². The number of methoxy groups -OCH3 is 1. The van der Waals surface area contributed by atoms with Crippen molar-refractivity contribution in [1.29, 1.82) is 0 Å². The summed E-state index contributed by atoms with van der Waals surface area (Å²) >= 11 is 0. The Hall–Kier alpha value is -3.40. The molecule has 0 aliphatic carbocycles. The summed E-state index contributed by atoms with van der Waals surface area (Å²) in [5, 5.41) is 5.10. The second-order valence-corrected chi connectivity index (χ2v) is 9.71. The van der Waals surface area contributed by atoms with E-state index in [4.69, 9.17) is 18.6 Å². The normalized spacial score (nSPS) is 17.9. The number of esters is 1. The molecule has 0 radical (unpaired) electrons. The molecule has 5 heterocycles. The molecule has 1 aliphatic heterocycles. The predicted molar refractivity (Wildman–Crippen MR) is 111 cm³/mol. The van der Waals surface area contributed by atoms with Gasteiger partial charge in [-0.05, 0) is 43.7 Å². The third-order valence-electron chi connectivity index (χ3n) is 5.37. The monoisotopic (exact) mass is 441 g/mol. The van der Waals surface area contributed by atoms with Gasteiger partial charge in [0, 0.05) is 0 Å². The molecule has 0 bridgehead atoms. The number of aromatic nitrogens is 3. The molecule has 0 aromatic carbocycles. The van der Waals surface area contributed by atoms with Crippen molar-refractivity contribution in [1.82, 2.24) is 14.8 Å². The molecule has 0 amide bonds. The van der Waals surface area contributed by atoms with Crippen LogP contribution < -0.4 is 0 Å². The highest BCUT2D eigenvalue weighted by Crippen LogP contribution is 2.36. The van der Waals surface area contributed by atoms with E-state index in [0.29, 0.717) is 46.1 Å². The lowest BCUT2D eigenvalue weighted by Crippen LogP contribution is -2.13. The summed E-state index contributed by atoms with van der Waals surface area (Å²) in [6, 6.07) is 8.19. The Bertz CT molecular complexity index is 1400. The molecule has 1 unspecified atom stereocenters. The Morgan fingerprint density at radius 1 is 1.26 bits per heavy atom. The number of rotatable bonds is 4. The summed E-state index contributed by atoms with van der Waals surface area (Å²) in [6.07, 6.45) is 1.92. The number of sulfone groups is 1. The summed E-state index contributed by atoms with van der Waals surface area (Å²) in [5.74, 6) is 1.09. The zero-order chi connectivity index (χ0) is 21.8. The summed E-state index contributed by atoms with van der Waals surface area (Å²) < 4.78 is 42.1. The van der Waals surface area contributed by atoms with E-state index in [0.717, 1.165) is 0 Å². The fourth-order valence-corrected chi connectivity index (χ4v) is 5.61. The fraction of sp³-hybridized carbons (Fsp3) is 0.286. The average molecular weight is 441 g/mol. The van der Waals surface area contributed by atoms with Crippen LogP contribution in [-0.4, -0.2) is 47.8 Å². The molecule has 160 valence electrons. The minimum Gasteiger partial charge on any atom is -0.465 e. The zero-order valence-electron chi connectivity index (χ0n) is 16.9. The summed E-state index contributed by atoms with van der Waals surface area (Å²) in [4.78, 5) is 17.4. The fourth-order valence-electron chi connectivity index (χ4n) is 3.91. The Labute approximate surface area is 177 Å². The highest BCUT2D eigenvalue weighted by molar-refractivity contribution is 7.91. The molecule has 4 aromatic rings. The van der Waals surface area contributed by atoms with E-state index in [1.807, 2.05) is 6.92 Å². The molecule has 0 N–H and O–H groups in total. The number of aryl methyl sites for hydroxylation is 1. The lowest BCUT2D eigenvalue weighted by Gasteiger charge is -2.10. The molecule has 1 atom stereocenters. The molecule has 1 aliphatic rings. The Morgan fingerprint density at radius 2 is 2.10 bits per heavy atom. The molecule has 0 saturated carbocycles. The number of nitrogens with zero attached hydrogens (tertiary/aromatic N) is 3. The Morgan fingerprint density at radius 3 is 2.71 bits per heavy atom. The van der Waals surface area contributed by atoms with E-state index in [9.17, 15) is 13.2 Å². The molecule has 1 saturated heterocycles. The van der Waals surface area contributed by atoms with Gasteiger partial charge in [0.25, 0.3) is 0 Å². The van der Waals surface area contributed by atoms with Crippen molar-refractivity contribution < 1.29 is 26.8 Å². The van der Waals surface area contributed by atoms with E-state index < -0.39 is 21.8 Å². The van der Waals surface area contributed by atoms with Gasteiger partial charge in [-0.15, -0.1) is 0 Å². The van der Waals surface area contributed by atoms with Crippen LogP contribution in [0.4, 0.5) is 0 Å². The summed E-state index contributed by atoms with van der Waals surface area (Å²) in [5.41, 5.74) is 1.45. The highest BCUT2D eigenvalue weighted by Gasteiger charge is 2.34. The molecular weight excluding hydrogens is 422 g/mol. The van der Waals surface area contributed by atoms with Crippen molar-refractivity contribution in [2.24, 2.45) is 0 Å². The minimum absolute atomic E-state index is 0.0410. The summed E-state index contributed by atoms with van der Waals surface area (Å²) in [7, 11) is -1.87. The number of carbonyl (C=O) groups excluding carboxylic acids is 1. The van der Waals surface area contributed by atoms with Crippen LogP contribution >= 0.6 is 0 Å². The highest BCUT2D eigenvalue weighted by atomic mass is 32.2. The second-order valence-electron chi connectivity index (χ2n) is 7.48. The first kappa shape index (κ1) is 19.6. The molecule has 9 nitrogen and oxygen atoms in total. The number of ether oxygens (including phenoxy) is 1. The number of pyridine rings is 1. The third kappa shape index (κ3) is 3.32. The number of hydrogen-bond acceptors (Lipinski definition) is 8. The van der Waals surface area contributed by atoms with Gasteiger partial charge in [0.05, 0.1) is 41.9 Å². The van der Waals surface area contributed by atoms with Crippen LogP contribution in [0.2, 0.25) is 0 Å². The van der Waals surface area contributed by atoms with E-state index in [-0.39, 0.29) is 17.1 Å². The maximum atomic E-state index is 12.7. The van der Waals surface area contributed by atoms with E-state index in [2.05, 4.69) is 5.10 Å². The Balaban J connectivity index is 1.83. The van der Waals surface area contributed by atoms with Crippen molar-refractivity contribution in [3.05, 3.63) is 47.9 Å². The maximum absolute atomic E-state index is 12.7. The number of carbonyl (C=O) groups is 1. The number of furan rings is 2. The van der Waals surface area contributed by atoms with Crippen molar-refractivity contribution in [3.63, 3.8) is 0 Å². The first-order chi connectivity index (χ1) is 14.9. The Kier molecular flexibility index (Phi) is 4.47. The largest absolute Gasteiger partial charge is 0.465 e. The van der Waals surface area contributed by atoms with Gasteiger partial charge in [0.2, 0.25) is 0 Å². The van der Waals surface area contributed by atoms with Gasteiger partial charge < -0.3 is 13.6 Å². The van der Waals surface area contributed by atoms with Gasteiger partial charge in [0.1, 0.15) is 17.1 Å². The van der Waals surface area contributed by atoms with E-state index in [1.165, 1.54) is 13.4 Å². The summed E-state index contributed by atoms with van der Waals surface area (Å²) in [6.45, 7) is 1.81. The number of fused-ring (bicyclic) bond motifs is 1. The first-order valence-electron chi connectivity index (χ1n) is 9.69. The van der Waals surface area contributed by atoms with E-state index >= 15 is 0 Å². The second kappa shape index (κ2) is 7.09. The van der Waals surface area contributed by atoms with Gasteiger partial charge in [0.15, 0.2) is 27.0 Å². The smallest absolute Gasteiger partial charge is 0.338 e. The van der Waals surface area contributed by atoms with Gasteiger partial charge in [-0.2, -0.15) is 5.10 Å². The molecule has 31 heavy (non-hydrogen) atoms. The quantitative estimate of drug-likeness (QED) is 0.442. The van der Waals surface area contributed by atoms with E-state index in [1.54, 1.807) is 35.0 Å². The molecule has 5 rings (SSSR count). The van der Waals surface area contributed by atoms with Crippen LogP contribution in [0.25, 0.3) is 33.9 Å². The van der Waals surface area contributed by atoms with Crippen LogP contribution in [0.5, 0.6) is 0 Å². The van der Waals surface area contributed by atoms with Crippen LogP contribution in [0, 0.1) is 6.92 Å². The first-order valence-corrected chi connectivity index (χ1v) is 11.5. The predicted octanol–water partition coefficient (Wildman–Crippen LogP) is 3.41. The van der Waals surface area contributed by atoms with Gasteiger partial charge in [-0.3, -0.25) is 0 Å². The zero-order valence-corrected chi connectivity index (χ0v) is 17.7.